The molecule has 1 aliphatic heterocycles. The van der Waals surface area contributed by atoms with Gasteiger partial charge in [0.15, 0.2) is 0 Å². The summed E-state index contributed by atoms with van der Waals surface area (Å²) in [4.78, 5) is 5.05. The predicted molar refractivity (Wildman–Crippen MR) is 127 cm³/mol. The Labute approximate surface area is 191 Å². The van der Waals surface area contributed by atoms with Gasteiger partial charge in [-0.2, -0.15) is 0 Å². The lowest BCUT2D eigenvalue weighted by Crippen LogP contribution is -2.63. The number of nitrogens with zero attached hydrogens (tertiary/aromatic N) is 2. The highest BCUT2D eigenvalue weighted by atomic mass is 16.5. The van der Waals surface area contributed by atoms with E-state index < -0.39 is 0 Å². The van der Waals surface area contributed by atoms with Gasteiger partial charge in [-0.05, 0) is 125 Å². The van der Waals surface area contributed by atoms with Crippen LogP contribution in [-0.4, -0.2) is 56.4 Å². The molecule has 5 aliphatic carbocycles. The van der Waals surface area contributed by atoms with Crippen molar-refractivity contribution >= 4 is 0 Å². The maximum atomic E-state index is 6.19. The fraction of sp³-hybridized carbons (Fsp3) is 1.00. The van der Waals surface area contributed by atoms with Gasteiger partial charge in [0.1, 0.15) is 0 Å². The van der Waals surface area contributed by atoms with Gasteiger partial charge in [0.25, 0.3) is 0 Å². The third kappa shape index (κ3) is 2.28. The van der Waals surface area contributed by atoms with Crippen molar-refractivity contribution in [2.45, 2.75) is 97.6 Å². The Bertz CT molecular complexity index is 768. The van der Waals surface area contributed by atoms with Crippen molar-refractivity contribution in [1.29, 1.82) is 0 Å². The fourth-order valence-corrected chi connectivity index (χ4v) is 11.8. The molecule has 0 unspecified atom stereocenters. The van der Waals surface area contributed by atoms with Crippen LogP contribution in [0.5, 0.6) is 0 Å². The van der Waals surface area contributed by atoms with Crippen molar-refractivity contribution < 1.29 is 4.74 Å². The summed E-state index contributed by atoms with van der Waals surface area (Å²) in [6, 6.07) is 1.45. The van der Waals surface area contributed by atoms with Crippen LogP contribution in [0.2, 0.25) is 0 Å². The van der Waals surface area contributed by atoms with Crippen LogP contribution in [0.25, 0.3) is 0 Å². The van der Waals surface area contributed by atoms with Crippen LogP contribution in [0.3, 0.4) is 0 Å². The molecule has 10 atom stereocenters. The van der Waals surface area contributed by atoms with Crippen molar-refractivity contribution in [2.24, 2.45) is 44.8 Å². The van der Waals surface area contributed by atoms with Gasteiger partial charge in [0, 0.05) is 17.5 Å². The first kappa shape index (κ1) is 21.4. The van der Waals surface area contributed by atoms with E-state index in [1.54, 1.807) is 6.42 Å². The molecule has 0 aromatic carbocycles. The summed E-state index contributed by atoms with van der Waals surface area (Å²) in [7, 11) is 6.92. The molecule has 6 fully saturated rings. The van der Waals surface area contributed by atoms with E-state index in [0.717, 1.165) is 37.1 Å². The first-order chi connectivity index (χ1) is 14.6. The molecule has 6 aliphatic rings. The molecule has 2 spiro atoms. The lowest BCUT2D eigenvalue weighted by Gasteiger charge is -2.65. The summed E-state index contributed by atoms with van der Waals surface area (Å²) in [6.45, 7) is 12.5. The third-order valence-electron chi connectivity index (χ3n) is 13.6. The number of ether oxygens (including phenoxy) is 1. The van der Waals surface area contributed by atoms with Crippen molar-refractivity contribution in [3.05, 3.63) is 0 Å². The van der Waals surface area contributed by atoms with Crippen LogP contribution in [0.4, 0.5) is 0 Å². The minimum atomic E-state index is 0.374. The maximum Gasteiger partial charge on any atom is 0.0990 e. The third-order valence-corrected chi connectivity index (χ3v) is 13.6. The number of fused-ring (bicyclic) bond motifs is 4. The fourth-order valence-electron chi connectivity index (χ4n) is 11.8. The normalized spacial score (nSPS) is 59.2. The molecule has 0 aromatic rings. The van der Waals surface area contributed by atoms with Gasteiger partial charge in [-0.1, -0.05) is 20.8 Å². The maximum absolute atomic E-state index is 6.19. The lowest BCUT2D eigenvalue weighted by atomic mass is 9.41. The van der Waals surface area contributed by atoms with Gasteiger partial charge in [-0.3, -0.25) is 4.90 Å². The van der Waals surface area contributed by atoms with E-state index in [-0.39, 0.29) is 0 Å². The highest BCUT2D eigenvalue weighted by molar-refractivity contribution is 5.31. The second-order valence-electron chi connectivity index (χ2n) is 14.2. The Morgan fingerprint density at radius 3 is 2.32 bits per heavy atom. The van der Waals surface area contributed by atoms with E-state index in [0.29, 0.717) is 33.1 Å². The zero-order valence-electron chi connectivity index (χ0n) is 21.5. The van der Waals surface area contributed by atoms with Crippen LogP contribution in [-0.2, 0) is 4.74 Å². The van der Waals surface area contributed by atoms with Gasteiger partial charge < -0.3 is 9.64 Å². The molecule has 0 bridgehead atoms. The largest absolute Gasteiger partial charge is 0.365 e. The van der Waals surface area contributed by atoms with Crippen molar-refractivity contribution in [3.63, 3.8) is 0 Å². The molecule has 3 nitrogen and oxygen atoms in total. The van der Waals surface area contributed by atoms with Gasteiger partial charge in [0.05, 0.1) is 13.3 Å². The average Bonchev–Trinajstić information content (AvgIpc) is 3.29. The molecule has 5 saturated carbocycles. The van der Waals surface area contributed by atoms with E-state index in [9.17, 15) is 0 Å². The second kappa shape index (κ2) is 6.30. The molecule has 0 aromatic heterocycles. The van der Waals surface area contributed by atoms with Crippen LogP contribution in [0.1, 0.15) is 85.5 Å². The Hall–Kier alpha value is -0.120. The summed E-state index contributed by atoms with van der Waals surface area (Å²) >= 11 is 0. The standard InChI is InChI=1S/C28H48N2O/c1-19(29(5)6)20-10-12-26(4)22-9-8-21-24(2)17-31-18-30(7)23(24)11-13-27(21)16-28(22,27)15-14-25(20,26)3/h19-23H,8-18H2,1-7H3/t19-,20-,21+,22+,23-,24+,25+,26+,27+,28-/m1/s1. The number of hydrogen-bond acceptors (Lipinski definition) is 3. The highest BCUT2D eigenvalue weighted by Crippen LogP contribution is 2.89. The topological polar surface area (TPSA) is 15.7 Å². The Kier molecular flexibility index (Phi) is 4.35. The van der Waals surface area contributed by atoms with Crippen LogP contribution < -0.4 is 0 Å². The molecule has 1 saturated heterocycles. The van der Waals surface area contributed by atoms with Gasteiger partial charge in [0.2, 0.25) is 0 Å². The summed E-state index contributed by atoms with van der Waals surface area (Å²) < 4.78 is 6.19. The van der Waals surface area contributed by atoms with E-state index >= 15 is 0 Å². The Morgan fingerprint density at radius 1 is 0.871 bits per heavy atom. The molecule has 176 valence electrons. The minimum absolute atomic E-state index is 0.374. The number of rotatable bonds is 2. The summed E-state index contributed by atoms with van der Waals surface area (Å²) in [5, 5.41) is 0. The van der Waals surface area contributed by atoms with Gasteiger partial charge in [-0.15, -0.1) is 0 Å². The zero-order chi connectivity index (χ0) is 22.0. The van der Waals surface area contributed by atoms with E-state index in [1.165, 1.54) is 51.4 Å². The molecule has 0 amide bonds. The zero-order valence-corrected chi connectivity index (χ0v) is 21.5. The Morgan fingerprint density at radius 2 is 1.58 bits per heavy atom. The van der Waals surface area contributed by atoms with E-state index in [4.69, 9.17) is 4.74 Å². The molecular weight excluding hydrogens is 380 g/mol. The van der Waals surface area contributed by atoms with E-state index in [1.807, 2.05) is 0 Å². The first-order valence-electron chi connectivity index (χ1n) is 13.5. The van der Waals surface area contributed by atoms with Crippen molar-refractivity contribution in [3.8, 4) is 0 Å². The summed E-state index contributed by atoms with van der Waals surface area (Å²) in [6.07, 6.45) is 13.4. The first-order valence-corrected chi connectivity index (χ1v) is 13.5. The van der Waals surface area contributed by atoms with Crippen molar-refractivity contribution in [1.82, 2.24) is 9.80 Å². The quantitative estimate of drug-likeness (QED) is 0.566. The summed E-state index contributed by atoms with van der Waals surface area (Å²) in [5.74, 6) is 2.73. The van der Waals surface area contributed by atoms with Crippen LogP contribution >= 0.6 is 0 Å². The molecule has 31 heavy (non-hydrogen) atoms. The average molecular weight is 429 g/mol. The molecule has 0 radical (unpaired) electrons. The smallest absolute Gasteiger partial charge is 0.0990 e. The monoisotopic (exact) mass is 428 g/mol. The minimum Gasteiger partial charge on any atom is -0.365 e. The number of hydrogen-bond donors (Lipinski definition) is 0. The van der Waals surface area contributed by atoms with E-state index in [2.05, 4.69) is 58.6 Å². The second-order valence-corrected chi connectivity index (χ2v) is 14.2. The predicted octanol–water partition coefficient (Wildman–Crippen LogP) is 5.64. The van der Waals surface area contributed by atoms with Crippen molar-refractivity contribution in [2.75, 3.05) is 34.5 Å². The summed E-state index contributed by atoms with van der Waals surface area (Å²) in [5.41, 5.74) is 2.77. The highest BCUT2D eigenvalue weighted by Gasteiger charge is 2.82. The SMILES string of the molecule is C[C@H]([C@H]1CC[C@@]2(C)[C@@H]3CC[C@H]4[C@]5(C)COCN(C)[C@@H]5CC[C@]45C[C@]35CC[C@@]12C)N(C)C. The lowest BCUT2D eigenvalue weighted by molar-refractivity contribution is -0.202. The van der Waals surface area contributed by atoms with Crippen LogP contribution in [0.15, 0.2) is 0 Å². The molecular formula is C28H48N2O. The molecule has 1 heterocycles. The Balaban J connectivity index is 1.34. The molecule has 3 heteroatoms. The van der Waals surface area contributed by atoms with Crippen LogP contribution in [0, 0.1) is 44.8 Å². The molecule has 0 N–H and O–H groups in total. The van der Waals surface area contributed by atoms with Gasteiger partial charge >= 0.3 is 0 Å². The van der Waals surface area contributed by atoms with Gasteiger partial charge in [-0.25, -0.2) is 0 Å². The molecule has 6 rings (SSSR count).